The standard InChI is InChI=1S/C14H16ClFN2/c15-11-5-6-13(16)12(9-11)14(10-17)18-7-3-1-2-4-8-18/h5-6,9,14H,1-4,7-8H2. The summed E-state index contributed by atoms with van der Waals surface area (Å²) in [5.74, 6) is -0.352. The molecule has 2 rings (SSSR count). The van der Waals surface area contributed by atoms with Gasteiger partial charge in [-0.15, -0.1) is 0 Å². The van der Waals surface area contributed by atoms with Gasteiger partial charge in [0.25, 0.3) is 0 Å². The van der Waals surface area contributed by atoms with Crippen molar-refractivity contribution >= 4 is 11.6 Å². The first kappa shape index (κ1) is 13.3. The van der Waals surface area contributed by atoms with E-state index in [0.29, 0.717) is 10.6 Å². The number of nitrogens with zero attached hydrogens (tertiary/aromatic N) is 2. The number of benzene rings is 1. The predicted octanol–water partition coefficient (Wildman–Crippen LogP) is 3.92. The second-order valence-corrected chi connectivity index (χ2v) is 5.08. The zero-order valence-electron chi connectivity index (χ0n) is 10.2. The molecule has 1 saturated heterocycles. The summed E-state index contributed by atoms with van der Waals surface area (Å²) in [5, 5.41) is 9.81. The van der Waals surface area contributed by atoms with Gasteiger partial charge in [-0.05, 0) is 44.1 Å². The summed E-state index contributed by atoms with van der Waals surface area (Å²) in [6.45, 7) is 1.70. The third kappa shape index (κ3) is 3.01. The fourth-order valence-electron chi connectivity index (χ4n) is 2.43. The lowest BCUT2D eigenvalue weighted by atomic mass is 10.1. The highest BCUT2D eigenvalue weighted by Crippen LogP contribution is 2.27. The van der Waals surface area contributed by atoms with Crippen LogP contribution in [0.4, 0.5) is 4.39 Å². The second kappa shape index (κ2) is 6.17. The lowest BCUT2D eigenvalue weighted by molar-refractivity contribution is 0.241. The Morgan fingerprint density at radius 1 is 1.22 bits per heavy atom. The Balaban J connectivity index is 2.26. The Kier molecular flexibility index (Phi) is 4.57. The number of hydrogen-bond acceptors (Lipinski definition) is 2. The van der Waals surface area contributed by atoms with Crippen molar-refractivity contribution in [3.05, 3.63) is 34.6 Å². The van der Waals surface area contributed by atoms with Crippen LogP contribution in [0.5, 0.6) is 0 Å². The normalized spacial score (nSPS) is 18.9. The van der Waals surface area contributed by atoms with Crippen LogP contribution in [0.15, 0.2) is 18.2 Å². The Labute approximate surface area is 112 Å². The van der Waals surface area contributed by atoms with Crippen LogP contribution < -0.4 is 0 Å². The Morgan fingerprint density at radius 2 is 1.89 bits per heavy atom. The van der Waals surface area contributed by atoms with Gasteiger partial charge in [0.2, 0.25) is 0 Å². The first-order chi connectivity index (χ1) is 8.72. The maximum atomic E-state index is 13.8. The molecule has 1 aliphatic rings. The van der Waals surface area contributed by atoms with Gasteiger partial charge >= 0.3 is 0 Å². The van der Waals surface area contributed by atoms with Crippen molar-refractivity contribution in [1.29, 1.82) is 5.26 Å². The average molecular weight is 267 g/mol. The van der Waals surface area contributed by atoms with Crippen LogP contribution in [-0.2, 0) is 0 Å². The zero-order valence-corrected chi connectivity index (χ0v) is 11.0. The smallest absolute Gasteiger partial charge is 0.129 e. The van der Waals surface area contributed by atoms with E-state index in [2.05, 4.69) is 11.0 Å². The first-order valence-corrected chi connectivity index (χ1v) is 6.69. The molecule has 18 heavy (non-hydrogen) atoms. The maximum Gasteiger partial charge on any atom is 0.129 e. The van der Waals surface area contributed by atoms with Crippen molar-refractivity contribution in [1.82, 2.24) is 4.90 Å². The van der Waals surface area contributed by atoms with Gasteiger partial charge in [-0.2, -0.15) is 5.26 Å². The molecule has 1 heterocycles. The molecule has 2 nitrogen and oxygen atoms in total. The quantitative estimate of drug-likeness (QED) is 0.811. The van der Waals surface area contributed by atoms with Crippen molar-refractivity contribution in [2.75, 3.05) is 13.1 Å². The van der Waals surface area contributed by atoms with Crippen LogP contribution in [0, 0.1) is 17.1 Å². The number of halogens is 2. The summed E-state index contributed by atoms with van der Waals surface area (Å²) in [7, 11) is 0. The number of likely N-dealkylation sites (tertiary alicyclic amines) is 1. The lowest BCUT2D eigenvalue weighted by Crippen LogP contribution is -2.29. The molecule has 1 unspecified atom stereocenters. The minimum atomic E-state index is -0.526. The summed E-state index contributed by atoms with van der Waals surface area (Å²) in [6.07, 6.45) is 4.51. The third-order valence-electron chi connectivity index (χ3n) is 3.38. The topological polar surface area (TPSA) is 27.0 Å². The van der Waals surface area contributed by atoms with E-state index in [9.17, 15) is 9.65 Å². The van der Waals surface area contributed by atoms with Crippen molar-refractivity contribution in [2.24, 2.45) is 0 Å². The molecule has 1 fully saturated rings. The van der Waals surface area contributed by atoms with Gasteiger partial charge in [0.05, 0.1) is 6.07 Å². The highest BCUT2D eigenvalue weighted by Gasteiger charge is 2.23. The summed E-state index contributed by atoms with van der Waals surface area (Å²) in [5.41, 5.74) is 0.395. The fourth-order valence-corrected chi connectivity index (χ4v) is 2.61. The average Bonchev–Trinajstić information content (AvgIpc) is 2.64. The van der Waals surface area contributed by atoms with Crippen molar-refractivity contribution < 1.29 is 4.39 Å². The Morgan fingerprint density at radius 3 is 2.50 bits per heavy atom. The van der Waals surface area contributed by atoms with Crippen molar-refractivity contribution in [3.63, 3.8) is 0 Å². The van der Waals surface area contributed by atoms with Crippen LogP contribution in [0.3, 0.4) is 0 Å². The van der Waals surface area contributed by atoms with Gasteiger partial charge in [-0.1, -0.05) is 24.4 Å². The fraction of sp³-hybridized carbons (Fsp3) is 0.500. The van der Waals surface area contributed by atoms with Gasteiger partial charge in [-0.25, -0.2) is 4.39 Å². The van der Waals surface area contributed by atoms with E-state index in [4.69, 9.17) is 11.6 Å². The molecular formula is C14H16ClFN2. The molecule has 0 amide bonds. The highest BCUT2D eigenvalue weighted by molar-refractivity contribution is 6.30. The van der Waals surface area contributed by atoms with Gasteiger partial charge < -0.3 is 0 Å². The van der Waals surface area contributed by atoms with E-state index in [1.807, 2.05) is 0 Å². The molecule has 96 valence electrons. The van der Waals surface area contributed by atoms with Gasteiger partial charge in [0.1, 0.15) is 11.9 Å². The molecule has 1 aromatic carbocycles. The van der Waals surface area contributed by atoms with Gasteiger partial charge in [0, 0.05) is 10.6 Å². The van der Waals surface area contributed by atoms with E-state index in [1.54, 1.807) is 6.07 Å². The van der Waals surface area contributed by atoms with Crippen LogP contribution in [-0.4, -0.2) is 18.0 Å². The van der Waals surface area contributed by atoms with E-state index in [-0.39, 0.29) is 5.82 Å². The molecule has 0 N–H and O–H groups in total. The Bertz CT molecular complexity index is 448. The molecule has 0 aromatic heterocycles. The first-order valence-electron chi connectivity index (χ1n) is 6.31. The molecule has 0 bridgehead atoms. The number of hydrogen-bond donors (Lipinski definition) is 0. The van der Waals surface area contributed by atoms with E-state index in [1.165, 1.54) is 25.0 Å². The maximum absolute atomic E-state index is 13.8. The number of rotatable bonds is 2. The second-order valence-electron chi connectivity index (χ2n) is 4.65. The highest BCUT2D eigenvalue weighted by atomic mass is 35.5. The zero-order chi connectivity index (χ0) is 13.0. The van der Waals surface area contributed by atoms with Crippen LogP contribution in [0.25, 0.3) is 0 Å². The molecule has 0 radical (unpaired) electrons. The number of nitriles is 1. The summed E-state index contributed by atoms with van der Waals surface area (Å²) < 4.78 is 13.8. The summed E-state index contributed by atoms with van der Waals surface area (Å²) >= 11 is 5.89. The minimum Gasteiger partial charge on any atom is -0.284 e. The van der Waals surface area contributed by atoms with E-state index in [0.717, 1.165) is 25.9 Å². The van der Waals surface area contributed by atoms with E-state index < -0.39 is 6.04 Å². The summed E-state index contributed by atoms with van der Waals surface area (Å²) in [4.78, 5) is 2.06. The Hall–Kier alpha value is -1.11. The van der Waals surface area contributed by atoms with Crippen molar-refractivity contribution in [2.45, 2.75) is 31.7 Å². The van der Waals surface area contributed by atoms with Gasteiger partial charge in [-0.3, -0.25) is 4.90 Å². The molecular weight excluding hydrogens is 251 g/mol. The van der Waals surface area contributed by atoms with E-state index >= 15 is 0 Å². The van der Waals surface area contributed by atoms with Gasteiger partial charge in [0.15, 0.2) is 0 Å². The summed E-state index contributed by atoms with van der Waals surface area (Å²) in [6, 6.07) is 6.09. The minimum absolute atomic E-state index is 0.352. The SMILES string of the molecule is N#CC(c1cc(Cl)ccc1F)N1CCCCCC1. The molecule has 0 spiro atoms. The van der Waals surface area contributed by atoms with Crippen LogP contribution in [0.2, 0.25) is 5.02 Å². The lowest BCUT2D eigenvalue weighted by Gasteiger charge is -2.25. The largest absolute Gasteiger partial charge is 0.284 e. The third-order valence-corrected chi connectivity index (χ3v) is 3.62. The molecule has 1 aliphatic heterocycles. The predicted molar refractivity (Wildman–Crippen MR) is 69.8 cm³/mol. The monoisotopic (exact) mass is 266 g/mol. The molecule has 1 atom stereocenters. The molecule has 0 aliphatic carbocycles. The molecule has 0 saturated carbocycles. The molecule has 4 heteroatoms. The van der Waals surface area contributed by atoms with Crippen LogP contribution >= 0.6 is 11.6 Å². The van der Waals surface area contributed by atoms with Crippen molar-refractivity contribution in [3.8, 4) is 6.07 Å². The van der Waals surface area contributed by atoms with Crippen LogP contribution in [0.1, 0.15) is 37.3 Å². The molecule has 1 aromatic rings.